The molecule has 0 amide bonds. The molecule has 1 unspecified atom stereocenters. The van der Waals surface area contributed by atoms with E-state index in [4.69, 9.17) is 11.6 Å². The zero-order chi connectivity index (χ0) is 10.6. The number of rotatable bonds is 4. The van der Waals surface area contributed by atoms with Crippen molar-refractivity contribution >= 4 is 33.3 Å². The molecule has 1 heterocycles. The number of halogens is 2. The molecule has 1 aromatic heterocycles. The molecule has 0 bridgehead atoms. The predicted molar refractivity (Wildman–Crippen MR) is 62.7 cm³/mol. The largest absolute Gasteiger partial charge is 0.369 e. The maximum Gasteiger partial charge on any atom is 0.224 e. The first kappa shape index (κ1) is 11.7. The van der Waals surface area contributed by atoms with Gasteiger partial charge >= 0.3 is 0 Å². The summed E-state index contributed by atoms with van der Waals surface area (Å²) in [6, 6.07) is 0. The van der Waals surface area contributed by atoms with E-state index in [9.17, 15) is 0 Å². The normalized spacial score (nSPS) is 12.6. The van der Waals surface area contributed by atoms with Crippen molar-refractivity contribution in [3.05, 3.63) is 16.0 Å². The van der Waals surface area contributed by atoms with Crippen LogP contribution in [0.5, 0.6) is 0 Å². The van der Waals surface area contributed by atoms with Crippen LogP contribution in [-0.4, -0.2) is 16.5 Å². The van der Waals surface area contributed by atoms with Crippen molar-refractivity contribution in [3.63, 3.8) is 0 Å². The van der Waals surface area contributed by atoms with E-state index < -0.39 is 0 Å². The second-order valence-electron chi connectivity index (χ2n) is 3.23. The SMILES string of the molecule is CCC(C)CNc1nc(Cl)ncc1Br. The van der Waals surface area contributed by atoms with E-state index in [-0.39, 0.29) is 5.28 Å². The molecular weight excluding hydrogens is 265 g/mol. The van der Waals surface area contributed by atoms with Crippen molar-refractivity contribution < 1.29 is 0 Å². The van der Waals surface area contributed by atoms with Gasteiger partial charge in [0.05, 0.1) is 4.47 Å². The van der Waals surface area contributed by atoms with Crippen molar-refractivity contribution in [2.75, 3.05) is 11.9 Å². The lowest BCUT2D eigenvalue weighted by Gasteiger charge is -2.11. The van der Waals surface area contributed by atoms with Crippen LogP contribution in [0.15, 0.2) is 10.7 Å². The molecule has 0 saturated heterocycles. The Kier molecular flexibility index (Phi) is 4.62. The lowest BCUT2D eigenvalue weighted by molar-refractivity contribution is 0.592. The molecule has 0 radical (unpaired) electrons. The Morgan fingerprint density at radius 3 is 3.00 bits per heavy atom. The number of hydrogen-bond acceptors (Lipinski definition) is 3. The summed E-state index contributed by atoms with van der Waals surface area (Å²) in [4.78, 5) is 7.93. The van der Waals surface area contributed by atoms with Crippen LogP contribution in [0.4, 0.5) is 5.82 Å². The second-order valence-corrected chi connectivity index (χ2v) is 4.42. The minimum absolute atomic E-state index is 0.264. The molecule has 0 fully saturated rings. The molecule has 0 aliphatic heterocycles. The molecule has 0 aromatic carbocycles. The quantitative estimate of drug-likeness (QED) is 0.858. The van der Waals surface area contributed by atoms with Crippen molar-refractivity contribution in [1.29, 1.82) is 0 Å². The number of hydrogen-bond donors (Lipinski definition) is 1. The van der Waals surface area contributed by atoms with E-state index in [2.05, 4.69) is 45.1 Å². The highest BCUT2D eigenvalue weighted by molar-refractivity contribution is 9.10. The van der Waals surface area contributed by atoms with E-state index in [1.165, 1.54) is 0 Å². The molecule has 1 aromatic rings. The highest BCUT2D eigenvalue weighted by atomic mass is 79.9. The monoisotopic (exact) mass is 277 g/mol. The topological polar surface area (TPSA) is 37.8 Å². The van der Waals surface area contributed by atoms with Crippen molar-refractivity contribution in [2.45, 2.75) is 20.3 Å². The minimum atomic E-state index is 0.264. The molecule has 1 atom stereocenters. The molecule has 1 rings (SSSR count). The smallest absolute Gasteiger partial charge is 0.224 e. The molecule has 5 heteroatoms. The minimum Gasteiger partial charge on any atom is -0.369 e. The zero-order valence-electron chi connectivity index (χ0n) is 8.22. The zero-order valence-corrected chi connectivity index (χ0v) is 10.6. The maximum atomic E-state index is 5.68. The fourth-order valence-electron chi connectivity index (χ4n) is 0.885. The molecule has 0 spiro atoms. The second kappa shape index (κ2) is 5.51. The summed E-state index contributed by atoms with van der Waals surface area (Å²) >= 11 is 9.04. The fourth-order valence-corrected chi connectivity index (χ4v) is 1.35. The Hall–Kier alpha value is -0.350. The van der Waals surface area contributed by atoms with E-state index in [0.717, 1.165) is 23.3 Å². The van der Waals surface area contributed by atoms with Crippen LogP contribution in [0.2, 0.25) is 5.28 Å². The summed E-state index contributed by atoms with van der Waals surface area (Å²) in [5.74, 6) is 1.38. The van der Waals surface area contributed by atoms with Crippen LogP contribution in [0.25, 0.3) is 0 Å². The summed E-state index contributed by atoms with van der Waals surface area (Å²) in [6.07, 6.45) is 2.79. The van der Waals surface area contributed by atoms with E-state index in [1.54, 1.807) is 6.20 Å². The first-order valence-corrected chi connectivity index (χ1v) is 5.72. The van der Waals surface area contributed by atoms with Crippen LogP contribution in [-0.2, 0) is 0 Å². The van der Waals surface area contributed by atoms with Gasteiger partial charge in [0.25, 0.3) is 0 Å². The van der Waals surface area contributed by atoms with Gasteiger partial charge in [0.15, 0.2) is 0 Å². The van der Waals surface area contributed by atoms with Crippen molar-refractivity contribution in [3.8, 4) is 0 Å². The summed E-state index contributed by atoms with van der Waals surface area (Å²) < 4.78 is 0.838. The number of aromatic nitrogens is 2. The van der Waals surface area contributed by atoms with Gasteiger partial charge in [-0.25, -0.2) is 4.98 Å². The summed E-state index contributed by atoms with van der Waals surface area (Å²) in [6.45, 7) is 5.24. The Bertz CT molecular complexity index is 306. The lowest BCUT2D eigenvalue weighted by Crippen LogP contribution is -2.11. The van der Waals surface area contributed by atoms with E-state index in [0.29, 0.717) is 5.92 Å². The van der Waals surface area contributed by atoms with E-state index >= 15 is 0 Å². The molecule has 3 nitrogen and oxygen atoms in total. The Labute approximate surface area is 97.4 Å². The number of anilines is 1. The Morgan fingerprint density at radius 1 is 1.64 bits per heavy atom. The third-order valence-electron chi connectivity index (χ3n) is 2.03. The van der Waals surface area contributed by atoms with Crippen molar-refractivity contribution in [2.24, 2.45) is 5.92 Å². The van der Waals surface area contributed by atoms with Gasteiger partial charge in [-0.3, -0.25) is 0 Å². The van der Waals surface area contributed by atoms with Gasteiger partial charge in [-0.15, -0.1) is 0 Å². The summed E-state index contributed by atoms with van der Waals surface area (Å²) in [5, 5.41) is 3.49. The molecule has 14 heavy (non-hydrogen) atoms. The first-order valence-electron chi connectivity index (χ1n) is 4.55. The van der Waals surface area contributed by atoms with Crippen LogP contribution in [0.3, 0.4) is 0 Å². The van der Waals surface area contributed by atoms with Gasteiger partial charge in [-0.05, 0) is 33.4 Å². The number of nitrogens with one attached hydrogen (secondary N) is 1. The highest BCUT2D eigenvalue weighted by Gasteiger charge is 2.04. The Balaban J connectivity index is 2.62. The molecule has 0 aliphatic rings. The first-order chi connectivity index (χ1) is 6.63. The van der Waals surface area contributed by atoms with Crippen LogP contribution < -0.4 is 5.32 Å². The predicted octanol–water partition coefficient (Wildman–Crippen LogP) is 3.35. The summed E-state index contributed by atoms with van der Waals surface area (Å²) in [5.41, 5.74) is 0. The van der Waals surface area contributed by atoms with Crippen LogP contribution >= 0.6 is 27.5 Å². The van der Waals surface area contributed by atoms with Gasteiger partial charge in [0.2, 0.25) is 5.28 Å². The molecule has 1 N–H and O–H groups in total. The third-order valence-corrected chi connectivity index (χ3v) is 2.79. The lowest BCUT2D eigenvalue weighted by atomic mass is 10.1. The maximum absolute atomic E-state index is 5.68. The average Bonchev–Trinajstić information content (AvgIpc) is 2.19. The average molecular weight is 279 g/mol. The van der Waals surface area contributed by atoms with Crippen molar-refractivity contribution in [1.82, 2.24) is 9.97 Å². The van der Waals surface area contributed by atoms with Gasteiger partial charge < -0.3 is 5.32 Å². The highest BCUT2D eigenvalue weighted by Crippen LogP contribution is 2.20. The number of nitrogens with zero attached hydrogens (tertiary/aromatic N) is 2. The molecule has 0 aliphatic carbocycles. The van der Waals surface area contributed by atoms with Crippen LogP contribution in [0, 0.1) is 5.92 Å². The standard InChI is InChI=1S/C9H13BrClN3/c1-3-6(2)4-12-8-7(10)5-13-9(11)14-8/h5-6H,3-4H2,1-2H3,(H,12,13,14). The van der Waals surface area contributed by atoms with Gasteiger partial charge in [-0.2, -0.15) is 4.98 Å². The summed E-state index contributed by atoms with van der Waals surface area (Å²) in [7, 11) is 0. The fraction of sp³-hybridized carbons (Fsp3) is 0.556. The molecule has 0 saturated carbocycles. The molecule has 78 valence electrons. The Morgan fingerprint density at radius 2 is 2.36 bits per heavy atom. The van der Waals surface area contributed by atoms with Crippen LogP contribution in [0.1, 0.15) is 20.3 Å². The van der Waals surface area contributed by atoms with Gasteiger partial charge in [-0.1, -0.05) is 20.3 Å². The molecular formula is C9H13BrClN3. The van der Waals surface area contributed by atoms with Gasteiger partial charge in [0.1, 0.15) is 5.82 Å². The third kappa shape index (κ3) is 3.42. The van der Waals surface area contributed by atoms with Gasteiger partial charge in [0, 0.05) is 12.7 Å². The van der Waals surface area contributed by atoms with E-state index in [1.807, 2.05) is 0 Å².